The van der Waals surface area contributed by atoms with Gasteiger partial charge in [-0.05, 0) is 47.0 Å². The highest BCUT2D eigenvalue weighted by atomic mass is 35.5. The van der Waals surface area contributed by atoms with Gasteiger partial charge in [0, 0.05) is 23.0 Å². The number of alkyl halides is 3. The molecule has 3 N–H and O–H groups in total. The van der Waals surface area contributed by atoms with Gasteiger partial charge in [-0.15, -0.1) is 21.5 Å². The maximum atomic E-state index is 13.2. The first kappa shape index (κ1) is 23.9. The predicted molar refractivity (Wildman–Crippen MR) is 125 cm³/mol. The number of nitrogens with one attached hydrogen (secondary N) is 3. The first-order valence-corrected chi connectivity index (χ1v) is 11.2. The van der Waals surface area contributed by atoms with Crippen molar-refractivity contribution in [1.82, 2.24) is 25.5 Å². The molecule has 0 radical (unpaired) electrons. The summed E-state index contributed by atoms with van der Waals surface area (Å²) in [6.45, 7) is 0.186. The summed E-state index contributed by atoms with van der Waals surface area (Å²) in [6.07, 6.45) is -1.46. The van der Waals surface area contributed by atoms with E-state index >= 15 is 0 Å². The van der Waals surface area contributed by atoms with E-state index in [0.717, 1.165) is 10.4 Å². The van der Waals surface area contributed by atoms with Crippen LogP contribution in [-0.4, -0.2) is 38.8 Å². The highest BCUT2D eigenvalue weighted by molar-refractivity contribution is 7.19. The fourth-order valence-electron chi connectivity index (χ4n) is 3.38. The summed E-state index contributed by atoms with van der Waals surface area (Å²) >= 11 is 7.34. The molecule has 0 saturated carbocycles. The Kier molecular flexibility index (Phi) is 6.96. The maximum absolute atomic E-state index is 13.2. The number of nitrogens with zero attached hydrogens (tertiary/aromatic N) is 3. The van der Waals surface area contributed by atoms with Crippen LogP contribution in [0.5, 0.6) is 0 Å². The number of aromatic amines is 1. The van der Waals surface area contributed by atoms with Crippen LogP contribution in [-0.2, 0) is 4.79 Å². The van der Waals surface area contributed by atoms with Crippen molar-refractivity contribution in [3.05, 3.63) is 71.1 Å². The molecule has 0 aliphatic rings. The van der Waals surface area contributed by atoms with Crippen LogP contribution >= 0.6 is 22.9 Å². The van der Waals surface area contributed by atoms with Gasteiger partial charge in [0.1, 0.15) is 12.1 Å². The second-order valence-corrected chi connectivity index (χ2v) is 8.81. The largest absolute Gasteiger partial charge is 0.401 e. The summed E-state index contributed by atoms with van der Waals surface area (Å²) in [5, 5.41) is 13.6. The first-order valence-electron chi connectivity index (χ1n) is 9.99. The molecule has 0 saturated heterocycles. The normalized spacial score (nSPS) is 12.5. The fourth-order valence-corrected chi connectivity index (χ4v) is 4.64. The number of H-pyrrole nitrogens is 1. The lowest BCUT2D eigenvalue weighted by atomic mass is 9.98. The number of halogens is 4. The number of hydrogen-bond donors (Lipinski definition) is 3. The number of hydrogen-bond acceptors (Lipinski definition) is 6. The Morgan fingerprint density at radius 3 is 2.62 bits per heavy atom. The Morgan fingerprint density at radius 1 is 1.21 bits per heavy atom. The molecule has 3 aromatic heterocycles. The molecule has 0 aliphatic heterocycles. The van der Waals surface area contributed by atoms with Crippen molar-refractivity contribution in [3.63, 3.8) is 0 Å². The predicted octanol–water partition coefficient (Wildman–Crippen LogP) is 5.45. The number of carbonyl (C=O) groups is 1. The molecule has 1 unspecified atom stereocenters. The van der Waals surface area contributed by atoms with Crippen LogP contribution in [0.15, 0.2) is 55.0 Å². The number of carbonyl (C=O) groups excluding carboxylic acids is 1. The maximum Gasteiger partial charge on any atom is 0.401 e. The summed E-state index contributed by atoms with van der Waals surface area (Å²) in [4.78, 5) is 19.9. The molecule has 1 atom stereocenters. The zero-order valence-corrected chi connectivity index (χ0v) is 19.2. The zero-order valence-electron chi connectivity index (χ0n) is 17.7. The van der Waals surface area contributed by atoms with E-state index in [-0.39, 0.29) is 5.91 Å². The molecule has 176 valence electrons. The SMILES string of the molecule is CC(=O)Nc1cc(-c2cc(C(NCC(F)(F)F)c3ccc(Cl)cc3)c(-c3nnc[nH]3)s2)ccn1. The zero-order chi connectivity index (χ0) is 24.3. The molecule has 12 heteroatoms. The van der Waals surface area contributed by atoms with E-state index in [9.17, 15) is 18.0 Å². The molecule has 4 rings (SSSR count). The quantitative estimate of drug-likeness (QED) is 0.310. The molecule has 0 bridgehead atoms. The lowest BCUT2D eigenvalue weighted by Crippen LogP contribution is -2.32. The van der Waals surface area contributed by atoms with E-state index in [1.54, 1.807) is 48.7 Å². The molecule has 1 amide bonds. The Balaban J connectivity index is 1.83. The number of amides is 1. The van der Waals surface area contributed by atoms with Crippen LogP contribution in [0.1, 0.15) is 24.1 Å². The van der Waals surface area contributed by atoms with E-state index in [1.165, 1.54) is 24.6 Å². The molecule has 0 fully saturated rings. The van der Waals surface area contributed by atoms with Crippen molar-refractivity contribution in [3.8, 4) is 21.1 Å². The van der Waals surface area contributed by atoms with Crippen molar-refractivity contribution in [1.29, 1.82) is 0 Å². The van der Waals surface area contributed by atoms with Gasteiger partial charge in [0.2, 0.25) is 5.91 Å². The van der Waals surface area contributed by atoms with Crippen LogP contribution in [0.25, 0.3) is 21.1 Å². The highest BCUT2D eigenvalue weighted by Crippen LogP contribution is 2.42. The molecule has 4 aromatic rings. The number of thiophene rings is 1. The minimum atomic E-state index is -4.41. The third-order valence-corrected chi connectivity index (χ3v) is 6.22. The van der Waals surface area contributed by atoms with Crippen LogP contribution < -0.4 is 10.6 Å². The smallest absolute Gasteiger partial charge is 0.327 e. The topological polar surface area (TPSA) is 95.6 Å². The second-order valence-electron chi connectivity index (χ2n) is 7.32. The van der Waals surface area contributed by atoms with Gasteiger partial charge >= 0.3 is 6.18 Å². The van der Waals surface area contributed by atoms with E-state index in [2.05, 4.69) is 30.8 Å². The number of benzene rings is 1. The Hall–Kier alpha value is -3.28. The minimum Gasteiger partial charge on any atom is -0.327 e. The summed E-state index contributed by atoms with van der Waals surface area (Å²) in [6, 6.07) is 11.1. The third kappa shape index (κ3) is 5.79. The fraction of sp³-hybridized carbons (Fsp3) is 0.182. The Morgan fingerprint density at radius 2 is 1.97 bits per heavy atom. The van der Waals surface area contributed by atoms with Crippen molar-refractivity contribution >= 4 is 34.7 Å². The molecular weight excluding hydrogens is 489 g/mol. The van der Waals surface area contributed by atoms with Crippen LogP contribution in [0.2, 0.25) is 5.02 Å². The number of anilines is 1. The lowest BCUT2D eigenvalue weighted by Gasteiger charge is -2.21. The van der Waals surface area contributed by atoms with Gasteiger partial charge in [-0.1, -0.05) is 23.7 Å². The lowest BCUT2D eigenvalue weighted by molar-refractivity contribution is -0.125. The molecule has 3 heterocycles. The van der Waals surface area contributed by atoms with Gasteiger partial charge in [-0.25, -0.2) is 4.98 Å². The molecule has 34 heavy (non-hydrogen) atoms. The minimum absolute atomic E-state index is 0.266. The van der Waals surface area contributed by atoms with Gasteiger partial charge in [-0.3, -0.25) is 10.1 Å². The van der Waals surface area contributed by atoms with Crippen molar-refractivity contribution < 1.29 is 18.0 Å². The van der Waals surface area contributed by atoms with Crippen molar-refractivity contribution in [2.24, 2.45) is 0 Å². The molecule has 0 aliphatic carbocycles. The highest BCUT2D eigenvalue weighted by Gasteiger charge is 2.31. The van der Waals surface area contributed by atoms with Crippen LogP contribution in [0, 0.1) is 0 Å². The second kappa shape index (κ2) is 9.92. The first-order chi connectivity index (χ1) is 16.2. The molecule has 7 nitrogen and oxygen atoms in total. The molecular formula is C22H18ClF3N6OS. The van der Waals surface area contributed by atoms with Crippen molar-refractivity contribution in [2.45, 2.75) is 19.1 Å². The molecule has 1 aromatic carbocycles. The van der Waals surface area contributed by atoms with Crippen molar-refractivity contribution in [2.75, 3.05) is 11.9 Å². The Labute approximate surface area is 201 Å². The summed E-state index contributed by atoms with van der Waals surface area (Å²) in [5.74, 6) is 0.527. The average Bonchev–Trinajstić information content (AvgIpc) is 3.44. The molecule has 0 spiro atoms. The monoisotopic (exact) mass is 506 g/mol. The summed E-state index contributed by atoms with van der Waals surface area (Å²) < 4.78 is 39.5. The van der Waals surface area contributed by atoms with E-state index in [0.29, 0.717) is 32.7 Å². The summed E-state index contributed by atoms with van der Waals surface area (Å²) in [7, 11) is 0. The third-order valence-electron chi connectivity index (χ3n) is 4.76. The standard InChI is InChI=1S/C22H18ClF3N6OS/c1-12(33)31-18-8-14(6-7-27-18)17-9-16(20(34-17)21-29-11-30-32-21)19(28-10-22(24,25)26)13-2-4-15(23)5-3-13/h2-9,11,19,28H,10H2,1H3,(H,27,31,33)(H,29,30,32). The number of pyridine rings is 1. The number of aromatic nitrogens is 4. The van der Waals surface area contributed by atoms with Gasteiger partial charge < -0.3 is 10.3 Å². The number of rotatable bonds is 7. The van der Waals surface area contributed by atoms with Gasteiger partial charge in [0.05, 0.1) is 17.5 Å². The Bertz CT molecular complexity index is 1270. The van der Waals surface area contributed by atoms with Crippen LogP contribution in [0.3, 0.4) is 0 Å². The summed E-state index contributed by atoms with van der Waals surface area (Å²) in [5.41, 5.74) is 1.93. The van der Waals surface area contributed by atoms with Crippen LogP contribution in [0.4, 0.5) is 19.0 Å². The average molecular weight is 507 g/mol. The van der Waals surface area contributed by atoms with E-state index < -0.39 is 18.8 Å². The van der Waals surface area contributed by atoms with E-state index in [4.69, 9.17) is 11.6 Å². The van der Waals surface area contributed by atoms with Gasteiger partial charge in [-0.2, -0.15) is 13.2 Å². The van der Waals surface area contributed by atoms with Gasteiger partial charge in [0.15, 0.2) is 5.82 Å². The van der Waals surface area contributed by atoms with Gasteiger partial charge in [0.25, 0.3) is 0 Å². The van der Waals surface area contributed by atoms with E-state index in [1.807, 2.05) is 0 Å².